The van der Waals surface area contributed by atoms with E-state index in [0.29, 0.717) is 0 Å². The number of nitrogens with zero attached hydrogens (tertiary/aromatic N) is 4. The highest BCUT2D eigenvalue weighted by atomic mass is 79.9. The van der Waals surface area contributed by atoms with Crippen molar-refractivity contribution >= 4 is 77.4 Å². The standard InChI is InChI=1S/C56H64Br2N4S2/c1-5-9-13-17-29-55(30-18-14-10-6-2)45-33-37(21-25-41(45)43-27-23-39(57)35-47(43)55)49-51-53(61-63-59-51)50(54-52(49)60-64-62-54)38-22-26-42-44-28-24-40(58)36-48(44)56(46(42)34-38,31-19-15-11-7-3)32-20-16-12-8-4/h21-28,33-36H,5-20,29-32H2,1-4H3. The van der Waals surface area contributed by atoms with Crippen LogP contribution in [0.2, 0.25) is 0 Å². The molecule has 1 aliphatic heterocycles. The van der Waals surface area contributed by atoms with Gasteiger partial charge in [-0.25, -0.2) is 0 Å². The summed E-state index contributed by atoms with van der Waals surface area (Å²) in [5, 5.41) is 0. The summed E-state index contributed by atoms with van der Waals surface area (Å²) in [7, 11) is 0. The zero-order valence-electron chi connectivity index (χ0n) is 38.4. The summed E-state index contributed by atoms with van der Waals surface area (Å²) in [6.45, 7) is 9.27. The molecule has 2 aliphatic carbocycles. The minimum absolute atomic E-state index is 0.0398. The monoisotopic (exact) mass is 1010 g/mol. The van der Waals surface area contributed by atoms with Gasteiger partial charge in [-0.1, -0.05) is 199 Å². The molecule has 1 aromatic heterocycles. The fourth-order valence-corrected chi connectivity index (χ4v) is 13.6. The Hall–Kier alpha value is -3.30. The molecule has 0 atom stereocenters. The highest BCUT2D eigenvalue weighted by molar-refractivity contribution is 9.10. The summed E-state index contributed by atoms with van der Waals surface area (Å²) in [5.41, 5.74) is 19.7. The lowest BCUT2D eigenvalue weighted by atomic mass is 9.70. The zero-order valence-corrected chi connectivity index (χ0v) is 43.2. The molecule has 64 heavy (non-hydrogen) atoms. The van der Waals surface area contributed by atoms with Gasteiger partial charge in [-0.2, -0.15) is 17.5 Å². The molecule has 0 unspecified atom stereocenters. The van der Waals surface area contributed by atoms with Crippen LogP contribution >= 0.6 is 43.6 Å². The van der Waals surface area contributed by atoms with Gasteiger partial charge >= 0.3 is 0 Å². The van der Waals surface area contributed by atoms with Crippen molar-refractivity contribution < 1.29 is 0 Å². The first-order valence-corrected chi connectivity index (χ1v) is 27.7. The molecular formula is C56H64Br2N4S2. The molecule has 6 aromatic rings. The topological polar surface area (TPSA) is 50.5 Å². The Labute approximate surface area is 407 Å². The maximum atomic E-state index is 5.15. The summed E-state index contributed by atoms with van der Waals surface area (Å²) >= 11 is 10.4. The molecule has 4 nitrogen and oxygen atoms in total. The quantitative estimate of drug-likeness (QED) is 0.0635. The van der Waals surface area contributed by atoms with Crippen LogP contribution in [-0.4, -0.2) is 8.75 Å². The van der Waals surface area contributed by atoms with Gasteiger partial charge in [0.05, 0.1) is 23.1 Å². The van der Waals surface area contributed by atoms with E-state index in [1.165, 1.54) is 190 Å². The third kappa shape index (κ3) is 8.38. The molecule has 0 amide bonds. The van der Waals surface area contributed by atoms with Crippen molar-refractivity contribution in [3.63, 3.8) is 0 Å². The number of hydrogen-bond donors (Lipinski definition) is 0. The summed E-state index contributed by atoms with van der Waals surface area (Å²) in [6, 6.07) is 28.6. The van der Waals surface area contributed by atoms with Gasteiger partial charge in [-0.15, -0.1) is 0 Å². The van der Waals surface area contributed by atoms with E-state index in [4.69, 9.17) is 17.5 Å². The number of hydrogen-bond acceptors (Lipinski definition) is 5. The molecule has 5 aromatic carbocycles. The van der Waals surface area contributed by atoms with Gasteiger partial charge in [0.2, 0.25) is 0 Å². The minimum Gasteiger partial charge on any atom is -0.172 e. The molecule has 3 aliphatic rings. The van der Waals surface area contributed by atoms with Crippen LogP contribution < -0.4 is 0 Å². The maximum absolute atomic E-state index is 5.15. The highest BCUT2D eigenvalue weighted by Crippen LogP contribution is 2.60. The first-order valence-electron chi connectivity index (χ1n) is 24.7. The van der Waals surface area contributed by atoms with E-state index in [1.54, 1.807) is 0 Å². The first-order chi connectivity index (χ1) is 31.4. The van der Waals surface area contributed by atoms with E-state index < -0.39 is 0 Å². The Morgan fingerprint density at radius 3 is 1.12 bits per heavy atom. The van der Waals surface area contributed by atoms with Crippen LogP contribution in [0.1, 0.15) is 178 Å². The van der Waals surface area contributed by atoms with E-state index in [0.717, 1.165) is 59.2 Å². The van der Waals surface area contributed by atoms with Gasteiger partial charge in [0.15, 0.2) is 0 Å². The first kappa shape index (κ1) is 45.8. The minimum atomic E-state index is -0.0398. The largest absolute Gasteiger partial charge is 0.172 e. The smallest absolute Gasteiger partial charge is 0.115 e. The molecule has 9 rings (SSSR count). The average molecular weight is 1020 g/mol. The Bertz CT molecular complexity index is 2520. The molecule has 0 bridgehead atoms. The van der Waals surface area contributed by atoms with E-state index in [2.05, 4.69) is 132 Å². The average Bonchev–Trinajstić information content (AvgIpc) is 4.10. The maximum Gasteiger partial charge on any atom is 0.115 e. The van der Waals surface area contributed by atoms with Crippen LogP contribution in [0.4, 0.5) is 11.4 Å². The van der Waals surface area contributed by atoms with Crippen molar-refractivity contribution in [3.05, 3.63) is 104 Å². The van der Waals surface area contributed by atoms with Crippen LogP contribution in [0.25, 0.3) is 55.5 Å². The third-order valence-electron chi connectivity index (χ3n) is 15.0. The van der Waals surface area contributed by atoms with Crippen LogP contribution in [0.3, 0.4) is 0 Å². The molecule has 0 spiro atoms. The molecule has 0 saturated carbocycles. The number of benzene rings is 5. The van der Waals surface area contributed by atoms with Gasteiger partial charge in [0, 0.05) is 30.9 Å². The van der Waals surface area contributed by atoms with Crippen molar-refractivity contribution in [2.24, 2.45) is 8.73 Å². The second kappa shape index (κ2) is 20.3. The summed E-state index contributed by atoms with van der Waals surface area (Å²) in [5.74, 6) is 0. The Morgan fingerprint density at radius 1 is 0.422 bits per heavy atom. The predicted molar refractivity (Wildman–Crippen MR) is 283 cm³/mol. The SMILES string of the molecule is CCCCCCC1(CCCCCC)c2cc(Br)ccc2-c2ccc(-c3c4c(c(-c5ccc6c(c5)C(CCCCCC)(CCCCCC)c5cc(Br)ccc5-6)c5nsnc35)N=S=N4)cc21. The van der Waals surface area contributed by atoms with Crippen LogP contribution in [0.5, 0.6) is 0 Å². The molecule has 8 heteroatoms. The second-order valence-corrected chi connectivity index (χ2v) is 21.9. The highest BCUT2D eigenvalue weighted by Gasteiger charge is 2.44. The van der Waals surface area contributed by atoms with Crippen molar-refractivity contribution in [1.29, 1.82) is 0 Å². The molecule has 0 fully saturated rings. The van der Waals surface area contributed by atoms with Crippen LogP contribution in [0.15, 0.2) is 90.5 Å². The Balaban J connectivity index is 1.19. The number of fused-ring (bicyclic) bond motifs is 8. The number of unbranched alkanes of at least 4 members (excludes halogenated alkanes) is 12. The molecular weight excluding hydrogens is 953 g/mol. The Morgan fingerprint density at radius 2 is 0.766 bits per heavy atom. The van der Waals surface area contributed by atoms with E-state index in [-0.39, 0.29) is 10.8 Å². The number of rotatable bonds is 22. The fraction of sp³-hybridized carbons (Fsp3) is 0.464. The van der Waals surface area contributed by atoms with Gasteiger partial charge in [-0.05, 0) is 118 Å². The van der Waals surface area contributed by atoms with Crippen molar-refractivity contribution in [1.82, 2.24) is 8.75 Å². The lowest BCUT2D eigenvalue weighted by molar-refractivity contribution is 0.401. The summed E-state index contributed by atoms with van der Waals surface area (Å²) in [4.78, 5) is 0. The van der Waals surface area contributed by atoms with Gasteiger partial charge in [-0.3, -0.25) is 0 Å². The van der Waals surface area contributed by atoms with Crippen molar-refractivity contribution in [2.75, 3.05) is 0 Å². The summed E-state index contributed by atoms with van der Waals surface area (Å²) in [6.07, 6.45) is 24.8. The third-order valence-corrected chi connectivity index (χ3v) is 17.0. The second-order valence-electron chi connectivity index (χ2n) is 19.0. The molecule has 2 heterocycles. The number of halogens is 2. The Kier molecular flexibility index (Phi) is 14.5. The fourth-order valence-electron chi connectivity index (χ4n) is 11.8. The van der Waals surface area contributed by atoms with Crippen molar-refractivity contribution in [3.8, 4) is 44.5 Å². The predicted octanol–water partition coefficient (Wildman–Crippen LogP) is 19.7. The van der Waals surface area contributed by atoms with Gasteiger partial charge < -0.3 is 0 Å². The van der Waals surface area contributed by atoms with E-state index in [9.17, 15) is 0 Å². The molecule has 0 saturated heterocycles. The molecule has 334 valence electrons. The lowest BCUT2D eigenvalue weighted by Gasteiger charge is -2.33. The number of aromatic nitrogens is 2. The summed E-state index contributed by atoms with van der Waals surface area (Å²) < 4.78 is 22.9. The lowest BCUT2D eigenvalue weighted by Crippen LogP contribution is -2.25. The zero-order chi connectivity index (χ0) is 44.3. The van der Waals surface area contributed by atoms with Crippen LogP contribution in [0, 0.1) is 0 Å². The van der Waals surface area contributed by atoms with E-state index in [1.807, 2.05) is 0 Å². The molecule has 0 radical (unpaired) electrons. The normalized spacial score (nSPS) is 14.7. The van der Waals surface area contributed by atoms with Crippen molar-refractivity contribution in [2.45, 2.75) is 167 Å². The van der Waals surface area contributed by atoms with Gasteiger partial charge in [0.1, 0.15) is 22.4 Å². The van der Waals surface area contributed by atoms with Gasteiger partial charge in [0.25, 0.3) is 0 Å². The molecule has 0 N–H and O–H groups in total. The van der Waals surface area contributed by atoms with E-state index >= 15 is 0 Å². The van der Waals surface area contributed by atoms with Crippen LogP contribution in [-0.2, 0) is 22.2 Å².